The molecule has 0 saturated carbocycles. The first-order valence-electron chi connectivity index (χ1n) is 7.82. The van der Waals surface area contributed by atoms with Crippen molar-refractivity contribution in [2.75, 3.05) is 11.5 Å². The zero-order valence-electron chi connectivity index (χ0n) is 13.7. The molecule has 25 heavy (non-hydrogen) atoms. The van der Waals surface area contributed by atoms with Crippen molar-refractivity contribution in [2.45, 2.75) is 25.9 Å². The third-order valence-electron chi connectivity index (χ3n) is 3.79. The first-order chi connectivity index (χ1) is 11.8. The zero-order valence-corrected chi connectivity index (χ0v) is 14.5. The number of hydrogen-bond donors (Lipinski definition) is 2. The van der Waals surface area contributed by atoms with Gasteiger partial charge in [-0.15, -0.1) is 0 Å². The van der Waals surface area contributed by atoms with E-state index < -0.39 is 33.7 Å². The van der Waals surface area contributed by atoms with Crippen LogP contribution in [0.25, 0.3) is 0 Å². The average molecular weight is 368 g/mol. The van der Waals surface area contributed by atoms with E-state index in [1.54, 1.807) is 30.3 Å². The van der Waals surface area contributed by atoms with Crippen LogP contribution in [-0.2, 0) is 24.2 Å². The summed E-state index contributed by atoms with van der Waals surface area (Å²) in [6.07, 6.45) is -0.736. The molecule has 0 aliphatic carbocycles. The van der Waals surface area contributed by atoms with Crippen LogP contribution in [0, 0.1) is 5.92 Å². The third kappa shape index (κ3) is 5.86. The van der Waals surface area contributed by atoms with Crippen molar-refractivity contribution in [3.05, 3.63) is 35.9 Å². The Balaban J connectivity index is 1.74. The molecular formula is C16H20N2O6S. The van der Waals surface area contributed by atoms with Crippen molar-refractivity contribution in [3.8, 4) is 0 Å². The maximum Gasteiger partial charge on any atom is 0.306 e. The topological polar surface area (TPSA) is 119 Å². The molecule has 0 spiro atoms. The number of nitrogens with one attached hydrogen (secondary N) is 2. The molecule has 1 heterocycles. The Labute approximate surface area is 145 Å². The lowest BCUT2D eigenvalue weighted by atomic mass is 10.1. The standard InChI is InChI=1S/C16H20N2O6S/c1-11(24-14(19)9-12-7-8-25(22,23)10-12)15(20)17-18-16(21)13-5-3-2-4-6-13/h2-6,11-12H,7-10H2,1H3,(H,17,20)(H,18,21)/t11-,12+/m0/s1. The minimum absolute atomic E-state index is 0.0319. The van der Waals surface area contributed by atoms with Crippen molar-refractivity contribution in [3.63, 3.8) is 0 Å². The minimum Gasteiger partial charge on any atom is -0.452 e. The largest absolute Gasteiger partial charge is 0.452 e. The summed E-state index contributed by atoms with van der Waals surface area (Å²) in [6, 6.07) is 8.29. The molecule has 1 saturated heterocycles. The lowest BCUT2D eigenvalue weighted by Gasteiger charge is -2.15. The number of hydrogen-bond acceptors (Lipinski definition) is 6. The van der Waals surface area contributed by atoms with Gasteiger partial charge < -0.3 is 4.74 Å². The molecule has 2 atom stereocenters. The SMILES string of the molecule is C[C@H](OC(=O)C[C@H]1CCS(=O)(=O)C1)C(=O)NNC(=O)c1ccccc1. The van der Waals surface area contributed by atoms with Gasteiger partial charge in [0.1, 0.15) is 0 Å². The first kappa shape index (κ1) is 18.9. The third-order valence-corrected chi connectivity index (χ3v) is 5.63. The zero-order chi connectivity index (χ0) is 18.4. The second-order valence-electron chi connectivity index (χ2n) is 5.91. The molecule has 8 nitrogen and oxygen atoms in total. The van der Waals surface area contributed by atoms with E-state index in [-0.39, 0.29) is 23.8 Å². The number of sulfone groups is 1. The molecule has 2 rings (SSSR count). The highest BCUT2D eigenvalue weighted by Gasteiger charge is 2.30. The maximum atomic E-state index is 11.9. The van der Waals surface area contributed by atoms with Crippen molar-refractivity contribution in [1.29, 1.82) is 0 Å². The lowest BCUT2D eigenvalue weighted by molar-refractivity contribution is -0.155. The molecule has 1 aliphatic rings. The molecule has 1 aromatic carbocycles. The normalized spacial score (nSPS) is 19.6. The molecule has 2 amide bonds. The summed E-state index contributed by atoms with van der Waals surface area (Å²) in [4.78, 5) is 35.5. The number of ether oxygens (including phenoxy) is 1. The number of carbonyl (C=O) groups is 3. The number of esters is 1. The highest BCUT2D eigenvalue weighted by Crippen LogP contribution is 2.22. The summed E-state index contributed by atoms with van der Waals surface area (Å²) >= 11 is 0. The van der Waals surface area contributed by atoms with Crippen LogP contribution in [-0.4, -0.2) is 43.8 Å². The van der Waals surface area contributed by atoms with Crippen LogP contribution in [0.5, 0.6) is 0 Å². The average Bonchev–Trinajstić information content (AvgIpc) is 2.91. The Hall–Kier alpha value is -2.42. The number of rotatable bonds is 5. The molecule has 0 unspecified atom stereocenters. The maximum absolute atomic E-state index is 11.9. The van der Waals surface area contributed by atoms with Crippen molar-refractivity contribution in [1.82, 2.24) is 10.9 Å². The highest BCUT2D eigenvalue weighted by atomic mass is 32.2. The van der Waals surface area contributed by atoms with E-state index in [1.165, 1.54) is 6.92 Å². The van der Waals surface area contributed by atoms with Gasteiger partial charge in [-0.05, 0) is 31.4 Å². The molecular weight excluding hydrogens is 348 g/mol. The molecule has 9 heteroatoms. The van der Waals surface area contributed by atoms with E-state index in [0.29, 0.717) is 12.0 Å². The molecule has 1 aromatic rings. The van der Waals surface area contributed by atoms with Crippen molar-refractivity contribution < 1.29 is 27.5 Å². The van der Waals surface area contributed by atoms with Gasteiger partial charge in [-0.1, -0.05) is 18.2 Å². The second-order valence-corrected chi connectivity index (χ2v) is 8.14. The monoisotopic (exact) mass is 368 g/mol. The Bertz CT molecular complexity index is 747. The van der Waals surface area contributed by atoms with Crippen molar-refractivity contribution >= 4 is 27.6 Å². The Kier molecular flexibility index (Phi) is 6.13. The molecule has 2 N–H and O–H groups in total. The molecule has 0 aromatic heterocycles. The smallest absolute Gasteiger partial charge is 0.306 e. The molecule has 136 valence electrons. The van der Waals surface area contributed by atoms with E-state index in [4.69, 9.17) is 4.74 Å². The van der Waals surface area contributed by atoms with Crippen LogP contribution < -0.4 is 10.9 Å². The fourth-order valence-corrected chi connectivity index (χ4v) is 4.31. The lowest BCUT2D eigenvalue weighted by Crippen LogP contribution is -2.46. The predicted octanol–water partition coefficient (Wildman–Crippen LogP) is 0.204. The van der Waals surface area contributed by atoms with E-state index in [0.717, 1.165) is 0 Å². The highest BCUT2D eigenvalue weighted by molar-refractivity contribution is 7.91. The van der Waals surface area contributed by atoms with Gasteiger partial charge in [0, 0.05) is 12.0 Å². The quantitative estimate of drug-likeness (QED) is 0.566. The van der Waals surface area contributed by atoms with Crippen LogP contribution in [0.3, 0.4) is 0 Å². The Morgan fingerprint density at radius 1 is 1.20 bits per heavy atom. The summed E-state index contributed by atoms with van der Waals surface area (Å²) in [5.74, 6) is -2.05. The molecule has 0 radical (unpaired) electrons. The number of carbonyl (C=O) groups excluding carboxylic acids is 3. The van der Waals surface area contributed by atoms with Gasteiger partial charge in [-0.25, -0.2) is 8.42 Å². The van der Waals surface area contributed by atoms with Gasteiger partial charge in [-0.2, -0.15) is 0 Å². The fourth-order valence-electron chi connectivity index (χ4n) is 2.45. The number of amides is 2. The number of benzene rings is 1. The molecule has 0 bridgehead atoms. The van der Waals surface area contributed by atoms with E-state index in [1.807, 2.05) is 0 Å². The fraction of sp³-hybridized carbons (Fsp3) is 0.438. The van der Waals surface area contributed by atoms with Crippen LogP contribution in [0.1, 0.15) is 30.1 Å². The van der Waals surface area contributed by atoms with Crippen LogP contribution in [0.4, 0.5) is 0 Å². The Morgan fingerprint density at radius 2 is 1.88 bits per heavy atom. The van der Waals surface area contributed by atoms with Gasteiger partial charge in [-0.3, -0.25) is 25.2 Å². The van der Waals surface area contributed by atoms with Crippen molar-refractivity contribution in [2.24, 2.45) is 5.92 Å². The van der Waals surface area contributed by atoms with Crippen LogP contribution >= 0.6 is 0 Å². The summed E-state index contributed by atoms with van der Waals surface area (Å²) in [5.41, 5.74) is 4.78. The summed E-state index contributed by atoms with van der Waals surface area (Å²) in [7, 11) is -3.06. The van der Waals surface area contributed by atoms with Gasteiger partial charge in [0.2, 0.25) is 0 Å². The van der Waals surface area contributed by atoms with Gasteiger partial charge in [0.15, 0.2) is 15.9 Å². The second kappa shape index (κ2) is 8.11. The van der Waals surface area contributed by atoms with Crippen LogP contribution in [0.2, 0.25) is 0 Å². The minimum atomic E-state index is -3.06. The van der Waals surface area contributed by atoms with Gasteiger partial charge in [0.05, 0.1) is 11.5 Å². The van der Waals surface area contributed by atoms with Gasteiger partial charge >= 0.3 is 5.97 Å². The summed E-state index contributed by atoms with van der Waals surface area (Å²) in [6.45, 7) is 1.37. The Morgan fingerprint density at radius 3 is 2.48 bits per heavy atom. The molecule has 1 aliphatic heterocycles. The van der Waals surface area contributed by atoms with Gasteiger partial charge in [0.25, 0.3) is 11.8 Å². The first-order valence-corrected chi connectivity index (χ1v) is 9.64. The number of hydrazine groups is 1. The van der Waals surface area contributed by atoms with Crippen LogP contribution in [0.15, 0.2) is 30.3 Å². The molecule has 1 fully saturated rings. The van der Waals surface area contributed by atoms with E-state index in [2.05, 4.69) is 10.9 Å². The predicted molar refractivity (Wildman–Crippen MR) is 89.0 cm³/mol. The van der Waals surface area contributed by atoms with E-state index in [9.17, 15) is 22.8 Å². The summed E-state index contributed by atoms with van der Waals surface area (Å²) in [5, 5.41) is 0. The summed E-state index contributed by atoms with van der Waals surface area (Å²) < 4.78 is 27.7. The van der Waals surface area contributed by atoms with E-state index >= 15 is 0 Å².